The van der Waals surface area contributed by atoms with Crippen LogP contribution in [0.4, 0.5) is 0 Å². The summed E-state index contributed by atoms with van der Waals surface area (Å²) in [7, 11) is 3.38. The fourth-order valence-electron chi connectivity index (χ4n) is 1.93. The Morgan fingerprint density at radius 2 is 1.67 bits per heavy atom. The lowest BCUT2D eigenvalue weighted by molar-refractivity contribution is 0.396. The minimum absolute atomic E-state index is 0.787. The Labute approximate surface area is 118 Å². The summed E-state index contributed by atoms with van der Waals surface area (Å²) in [6.07, 6.45) is 5.69. The van der Waals surface area contributed by atoms with E-state index in [1.807, 2.05) is 12.1 Å². The van der Waals surface area contributed by atoms with E-state index in [2.05, 4.69) is 15.9 Å². The Balaban J connectivity index is 2.62. The molecule has 0 unspecified atom stereocenters. The molecule has 2 N–H and O–H groups in total. The Morgan fingerprint density at radius 3 is 2.28 bits per heavy atom. The Hall–Kier alpha value is -0.740. The first-order valence-electron chi connectivity index (χ1n) is 6.33. The molecule has 18 heavy (non-hydrogen) atoms. The second kappa shape index (κ2) is 8.38. The molecular formula is C14H22BrNO2. The maximum Gasteiger partial charge on any atom is 0.133 e. The van der Waals surface area contributed by atoms with Crippen molar-refractivity contribution in [1.82, 2.24) is 0 Å². The van der Waals surface area contributed by atoms with Gasteiger partial charge in [0.05, 0.1) is 18.7 Å². The van der Waals surface area contributed by atoms with E-state index in [-0.39, 0.29) is 0 Å². The molecule has 0 aliphatic heterocycles. The van der Waals surface area contributed by atoms with Gasteiger partial charge < -0.3 is 15.2 Å². The molecule has 0 aromatic heterocycles. The third kappa shape index (κ3) is 4.50. The van der Waals surface area contributed by atoms with Crippen molar-refractivity contribution in [3.63, 3.8) is 0 Å². The summed E-state index contributed by atoms with van der Waals surface area (Å²) < 4.78 is 11.6. The van der Waals surface area contributed by atoms with E-state index in [9.17, 15) is 0 Å². The normalized spacial score (nSPS) is 10.4. The summed E-state index contributed by atoms with van der Waals surface area (Å²) in [5, 5.41) is 0. The zero-order valence-corrected chi connectivity index (χ0v) is 12.8. The standard InChI is InChI=1S/C14H22BrNO2/c1-17-13-10-12(15)14(18-2)9-11(13)7-5-3-4-6-8-16/h9-10H,3-8,16H2,1-2H3. The van der Waals surface area contributed by atoms with Crippen molar-refractivity contribution in [3.8, 4) is 11.5 Å². The van der Waals surface area contributed by atoms with Crippen LogP contribution in [0.2, 0.25) is 0 Å². The van der Waals surface area contributed by atoms with Gasteiger partial charge in [-0.15, -0.1) is 0 Å². The molecule has 0 fully saturated rings. The molecule has 0 aliphatic carbocycles. The third-order valence-electron chi connectivity index (χ3n) is 2.96. The zero-order chi connectivity index (χ0) is 13.4. The molecular weight excluding hydrogens is 294 g/mol. The van der Waals surface area contributed by atoms with Crippen LogP contribution < -0.4 is 15.2 Å². The second-order valence-corrected chi connectivity index (χ2v) is 5.11. The van der Waals surface area contributed by atoms with Crippen LogP contribution in [-0.4, -0.2) is 20.8 Å². The van der Waals surface area contributed by atoms with Gasteiger partial charge in [0.25, 0.3) is 0 Å². The van der Waals surface area contributed by atoms with Gasteiger partial charge in [0.15, 0.2) is 0 Å². The van der Waals surface area contributed by atoms with Crippen LogP contribution >= 0.6 is 15.9 Å². The summed E-state index contributed by atoms with van der Waals surface area (Å²) in [6, 6.07) is 4.01. The predicted octanol–water partition coefficient (Wildman–Crippen LogP) is 3.53. The largest absolute Gasteiger partial charge is 0.496 e. The van der Waals surface area contributed by atoms with Gasteiger partial charge in [-0.25, -0.2) is 0 Å². The van der Waals surface area contributed by atoms with Crippen molar-refractivity contribution in [2.24, 2.45) is 5.73 Å². The van der Waals surface area contributed by atoms with Crippen molar-refractivity contribution < 1.29 is 9.47 Å². The molecule has 0 bridgehead atoms. The molecule has 0 saturated heterocycles. The number of ether oxygens (including phenoxy) is 2. The number of hydrogen-bond acceptors (Lipinski definition) is 3. The molecule has 1 aromatic carbocycles. The van der Waals surface area contributed by atoms with Gasteiger partial charge in [0.2, 0.25) is 0 Å². The lowest BCUT2D eigenvalue weighted by atomic mass is 10.0. The maximum atomic E-state index is 5.48. The summed E-state index contributed by atoms with van der Waals surface area (Å²) in [5.41, 5.74) is 6.68. The van der Waals surface area contributed by atoms with Crippen molar-refractivity contribution in [1.29, 1.82) is 0 Å². The van der Waals surface area contributed by atoms with Crippen LogP contribution in [0, 0.1) is 0 Å². The number of aryl methyl sites for hydroxylation is 1. The zero-order valence-electron chi connectivity index (χ0n) is 11.2. The SMILES string of the molecule is COc1cc(CCCCCCN)c(OC)cc1Br. The van der Waals surface area contributed by atoms with Gasteiger partial charge in [0.1, 0.15) is 11.5 Å². The van der Waals surface area contributed by atoms with Crippen molar-refractivity contribution in [2.45, 2.75) is 32.1 Å². The van der Waals surface area contributed by atoms with Crippen LogP contribution in [0.3, 0.4) is 0 Å². The molecule has 0 saturated carbocycles. The number of rotatable bonds is 8. The van der Waals surface area contributed by atoms with Crippen molar-refractivity contribution >= 4 is 15.9 Å². The summed E-state index contributed by atoms with van der Waals surface area (Å²) in [5.74, 6) is 1.77. The molecule has 1 aromatic rings. The van der Waals surface area contributed by atoms with Gasteiger partial charge in [-0.3, -0.25) is 0 Å². The Bertz CT molecular complexity index is 369. The molecule has 102 valence electrons. The summed E-state index contributed by atoms with van der Waals surface area (Å²) in [6.45, 7) is 0.787. The van der Waals surface area contributed by atoms with E-state index in [1.54, 1.807) is 14.2 Å². The number of nitrogens with two attached hydrogens (primary N) is 1. The minimum atomic E-state index is 0.787. The average Bonchev–Trinajstić information content (AvgIpc) is 2.39. The average molecular weight is 316 g/mol. The predicted molar refractivity (Wildman–Crippen MR) is 78.5 cm³/mol. The third-order valence-corrected chi connectivity index (χ3v) is 3.57. The van der Waals surface area contributed by atoms with E-state index in [0.29, 0.717) is 0 Å². The van der Waals surface area contributed by atoms with Gasteiger partial charge in [-0.2, -0.15) is 0 Å². The molecule has 0 amide bonds. The van der Waals surface area contributed by atoms with Crippen molar-refractivity contribution in [3.05, 3.63) is 22.2 Å². The molecule has 0 aliphatic rings. The van der Waals surface area contributed by atoms with Crippen LogP contribution in [-0.2, 0) is 6.42 Å². The topological polar surface area (TPSA) is 44.5 Å². The first kappa shape index (κ1) is 15.3. The molecule has 4 heteroatoms. The highest BCUT2D eigenvalue weighted by Crippen LogP contribution is 2.33. The molecule has 1 rings (SSSR count). The lowest BCUT2D eigenvalue weighted by Gasteiger charge is -2.12. The minimum Gasteiger partial charge on any atom is -0.496 e. The number of unbranched alkanes of at least 4 members (excludes halogenated alkanes) is 3. The number of methoxy groups -OCH3 is 2. The van der Waals surface area contributed by atoms with E-state index in [4.69, 9.17) is 15.2 Å². The van der Waals surface area contributed by atoms with E-state index in [0.717, 1.165) is 41.8 Å². The number of halogens is 1. The monoisotopic (exact) mass is 315 g/mol. The van der Waals surface area contributed by atoms with E-state index < -0.39 is 0 Å². The van der Waals surface area contributed by atoms with Gasteiger partial charge in [0, 0.05) is 0 Å². The summed E-state index contributed by atoms with van der Waals surface area (Å²) >= 11 is 3.47. The fourth-order valence-corrected chi connectivity index (χ4v) is 2.42. The molecule has 3 nitrogen and oxygen atoms in total. The maximum absolute atomic E-state index is 5.48. The van der Waals surface area contributed by atoms with Crippen molar-refractivity contribution in [2.75, 3.05) is 20.8 Å². The highest BCUT2D eigenvalue weighted by Gasteiger charge is 2.09. The van der Waals surface area contributed by atoms with Crippen LogP contribution in [0.15, 0.2) is 16.6 Å². The Kier molecular flexibility index (Phi) is 7.13. The molecule has 0 spiro atoms. The smallest absolute Gasteiger partial charge is 0.133 e. The van der Waals surface area contributed by atoms with E-state index >= 15 is 0 Å². The first-order chi connectivity index (χ1) is 8.72. The number of hydrogen-bond donors (Lipinski definition) is 1. The van der Waals surface area contributed by atoms with Crippen LogP contribution in [0.1, 0.15) is 31.2 Å². The fraction of sp³-hybridized carbons (Fsp3) is 0.571. The molecule has 0 radical (unpaired) electrons. The van der Waals surface area contributed by atoms with E-state index in [1.165, 1.54) is 18.4 Å². The lowest BCUT2D eigenvalue weighted by Crippen LogP contribution is -1.98. The highest BCUT2D eigenvalue weighted by molar-refractivity contribution is 9.10. The highest BCUT2D eigenvalue weighted by atomic mass is 79.9. The van der Waals surface area contributed by atoms with Gasteiger partial charge >= 0.3 is 0 Å². The first-order valence-corrected chi connectivity index (χ1v) is 7.12. The molecule has 0 heterocycles. The van der Waals surface area contributed by atoms with Gasteiger partial charge in [-0.05, 0) is 59.4 Å². The quantitative estimate of drug-likeness (QED) is 0.746. The van der Waals surface area contributed by atoms with Crippen LogP contribution in [0.5, 0.6) is 11.5 Å². The number of benzene rings is 1. The van der Waals surface area contributed by atoms with Gasteiger partial charge in [-0.1, -0.05) is 12.8 Å². The Morgan fingerprint density at radius 1 is 1.00 bits per heavy atom. The summed E-state index contributed by atoms with van der Waals surface area (Å²) in [4.78, 5) is 0. The molecule has 0 atom stereocenters. The second-order valence-electron chi connectivity index (χ2n) is 4.25. The van der Waals surface area contributed by atoms with Crippen LogP contribution in [0.25, 0.3) is 0 Å².